The van der Waals surface area contributed by atoms with Crippen LogP contribution in [-0.2, 0) is 17.6 Å². The lowest BCUT2D eigenvalue weighted by atomic mass is 9.92. The summed E-state index contributed by atoms with van der Waals surface area (Å²) < 4.78 is 14.4. The molecule has 3 aromatic heterocycles. The van der Waals surface area contributed by atoms with Gasteiger partial charge in [0.15, 0.2) is 5.82 Å². The number of nitrogens with zero attached hydrogens (tertiary/aromatic N) is 5. The Morgan fingerprint density at radius 2 is 1.78 bits per heavy atom. The van der Waals surface area contributed by atoms with Crippen molar-refractivity contribution in [3.05, 3.63) is 92.6 Å². The Hall–Kier alpha value is -4.35. The van der Waals surface area contributed by atoms with Crippen LogP contribution in [0.15, 0.2) is 69.0 Å². The summed E-state index contributed by atoms with van der Waals surface area (Å²) in [5.74, 6) is 0.365. The number of H-pyrrole nitrogens is 1. The lowest BCUT2D eigenvalue weighted by Gasteiger charge is -2.32. The molecule has 0 unspecified atom stereocenters. The van der Waals surface area contributed by atoms with Gasteiger partial charge in [-0.15, -0.1) is 0 Å². The first-order valence-electron chi connectivity index (χ1n) is 15.8. The highest BCUT2D eigenvalue weighted by Gasteiger charge is 2.29. The highest BCUT2D eigenvalue weighted by Crippen LogP contribution is 2.32. The van der Waals surface area contributed by atoms with Gasteiger partial charge in [0.1, 0.15) is 6.33 Å². The smallest absolute Gasteiger partial charge is 0.388 e. The Kier molecular flexibility index (Phi) is 8.82. The number of hydrogen-bond donors (Lipinski definition) is 2. The number of aliphatic hydroxyl groups is 1. The Bertz CT molecular complexity index is 1870. The number of aryl methyl sites for hydroxylation is 1. The predicted molar refractivity (Wildman–Crippen MR) is 170 cm³/mol. The van der Waals surface area contributed by atoms with Gasteiger partial charge in [-0.2, -0.15) is 10.1 Å². The normalized spacial score (nSPS) is 17.2. The molecule has 11 nitrogen and oxygen atoms in total. The first kappa shape index (κ1) is 30.7. The third kappa shape index (κ3) is 6.69. The summed E-state index contributed by atoms with van der Waals surface area (Å²) in [6, 6.07) is 15.8. The van der Waals surface area contributed by atoms with Gasteiger partial charge in [-0.3, -0.25) is 18.9 Å². The van der Waals surface area contributed by atoms with Crippen molar-refractivity contribution in [1.29, 1.82) is 0 Å². The van der Waals surface area contributed by atoms with Gasteiger partial charge in [0, 0.05) is 23.6 Å². The Labute approximate surface area is 260 Å². The third-order valence-electron chi connectivity index (χ3n) is 8.54. The number of nitrogens with one attached hydrogen (secondary N) is 1. The average molecular weight is 613 g/mol. The fraction of sp³-hybridized carbons (Fsp3) is 0.441. The zero-order valence-corrected chi connectivity index (χ0v) is 26.0. The summed E-state index contributed by atoms with van der Waals surface area (Å²) >= 11 is 0. The van der Waals surface area contributed by atoms with Gasteiger partial charge in [-0.25, -0.2) is 9.31 Å². The molecule has 3 heterocycles. The van der Waals surface area contributed by atoms with Gasteiger partial charge < -0.3 is 9.84 Å². The molecule has 0 aliphatic heterocycles. The molecule has 11 heteroatoms. The van der Waals surface area contributed by atoms with Gasteiger partial charge in [0.05, 0.1) is 24.0 Å². The van der Waals surface area contributed by atoms with Crippen molar-refractivity contribution in [3.63, 3.8) is 0 Å². The van der Waals surface area contributed by atoms with Crippen LogP contribution < -0.4 is 11.3 Å². The zero-order valence-electron chi connectivity index (χ0n) is 26.0. The fourth-order valence-electron chi connectivity index (χ4n) is 6.27. The highest BCUT2D eigenvalue weighted by atomic mass is 16.5. The molecule has 0 amide bonds. The molecule has 236 valence electrons. The topological polar surface area (TPSA) is 141 Å². The maximum atomic E-state index is 14.4. The van der Waals surface area contributed by atoms with E-state index in [9.17, 15) is 14.7 Å². The van der Waals surface area contributed by atoms with E-state index in [1.54, 1.807) is 13.8 Å². The molecule has 1 aliphatic carbocycles. The quantitative estimate of drug-likeness (QED) is 0.210. The summed E-state index contributed by atoms with van der Waals surface area (Å²) in [4.78, 5) is 33.1. The first-order chi connectivity index (χ1) is 21.7. The minimum absolute atomic E-state index is 0.00740. The molecule has 1 saturated carbocycles. The van der Waals surface area contributed by atoms with Crippen LogP contribution in [0.3, 0.4) is 0 Å². The lowest BCUT2D eigenvalue weighted by Crippen LogP contribution is -2.36. The fourth-order valence-corrected chi connectivity index (χ4v) is 6.27. The molecule has 1 aliphatic rings. The van der Waals surface area contributed by atoms with E-state index in [2.05, 4.69) is 27.1 Å². The average Bonchev–Trinajstić information content (AvgIpc) is 3.70. The molecule has 0 bridgehead atoms. The Balaban J connectivity index is 1.31. The summed E-state index contributed by atoms with van der Waals surface area (Å²) in [6.07, 6.45) is 7.95. The van der Waals surface area contributed by atoms with E-state index < -0.39 is 11.4 Å². The van der Waals surface area contributed by atoms with E-state index in [1.165, 1.54) is 6.33 Å². The van der Waals surface area contributed by atoms with Crippen molar-refractivity contribution < 1.29 is 14.4 Å². The van der Waals surface area contributed by atoms with Crippen LogP contribution in [0.25, 0.3) is 28.3 Å². The number of rotatable bonds is 11. The van der Waals surface area contributed by atoms with E-state index in [0.29, 0.717) is 18.0 Å². The highest BCUT2D eigenvalue weighted by molar-refractivity contribution is 5.80. The molecule has 5 aromatic rings. The summed E-state index contributed by atoms with van der Waals surface area (Å²) in [5.41, 5.74) is 4.42. The summed E-state index contributed by atoms with van der Waals surface area (Å²) in [7, 11) is 0. The monoisotopic (exact) mass is 612 g/mol. The molecule has 6 rings (SSSR count). The molecule has 0 atom stereocenters. The molecule has 0 radical (unpaired) electrons. The summed E-state index contributed by atoms with van der Waals surface area (Å²) in [5, 5.41) is 18.5. The van der Waals surface area contributed by atoms with Crippen LogP contribution in [0.4, 0.5) is 0 Å². The minimum atomic E-state index is -0.871. The summed E-state index contributed by atoms with van der Waals surface area (Å²) in [6.45, 7) is 5.92. The van der Waals surface area contributed by atoms with Gasteiger partial charge >= 0.3 is 5.76 Å². The zero-order chi connectivity index (χ0) is 31.6. The molecule has 45 heavy (non-hydrogen) atoms. The predicted octanol–water partition coefficient (Wildman–Crippen LogP) is 5.11. The van der Waals surface area contributed by atoms with Crippen LogP contribution in [0.1, 0.15) is 82.2 Å². The van der Waals surface area contributed by atoms with Crippen molar-refractivity contribution in [2.24, 2.45) is 0 Å². The van der Waals surface area contributed by atoms with E-state index in [4.69, 9.17) is 9.26 Å². The number of unbranched alkanes of at least 4 members (excludes halogenated alkanes) is 1. The number of aromatic amines is 1. The standard InChI is InChI=1S/C34H40N6O5/c1-4-5-10-29-28(19-22-11-13-23(14-12-22)26-8-6-7-9-27(26)30-37-33(42)45-38-30)31(41)39(32-35-21-36-40(29)32)24-15-17-25(18-16-24)44-20-34(2,3)43/h6-9,11-14,21,24-25,43H,4-5,10,15-20H2,1-3H3,(H,37,38,42). The van der Waals surface area contributed by atoms with Gasteiger partial charge in [0.2, 0.25) is 5.78 Å². The van der Waals surface area contributed by atoms with Crippen LogP contribution in [0.2, 0.25) is 0 Å². The van der Waals surface area contributed by atoms with Crippen molar-refractivity contribution in [3.8, 4) is 22.5 Å². The first-order valence-corrected chi connectivity index (χ1v) is 15.8. The second-order valence-corrected chi connectivity index (χ2v) is 12.6. The van der Waals surface area contributed by atoms with E-state index in [-0.39, 0.29) is 24.3 Å². The number of benzene rings is 2. The number of ether oxygens (including phenoxy) is 1. The van der Waals surface area contributed by atoms with Crippen molar-refractivity contribution >= 4 is 5.78 Å². The largest absolute Gasteiger partial charge is 0.439 e. The Morgan fingerprint density at radius 1 is 1.04 bits per heavy atom. The van der Waals surface area contributed by atoms with Gasteiger partial charge in [0.25, 0.3) is 5.56 Å². The van der Waals surface area contributed by atoms with Crippen LogP contribution in [0.5, 0.6) is 0 Å². The van der Waals surface area contributed by atoms with Crippen molar-refractivity contribution in [1.82, 2.24) is 29.3 Å². The minimum Gasteiger partial charge on any atom is -0.388 e. The molecule has 0 spiro atoms. The SMILES string of the molecule is CCCCc1c(Cc2ccc(-c3ccccc3-c3noc(=O)[nH]3)cc2)c(=O)n(C2CCC(OCC(C)(C)O)CC2)c2ncnn12. The number of hydrogen-bond acceptors (Lipinski definition) is 8. The molecule has 1 fully saturated rings. The van der Waals surface area contributed by atoms with Crippen LogP contribution >= 0.6 is 0 Å². The molecule has 2 aromatic carbocycles. The molecule has 2 N–H and O–H groups in total. The number of aromatic nitrogens is 6. The van der Waals surface area contributed by atoms with Crippen LogP contribution in [-0.4, -0.2) is 52.7 Å². The van der Waals surface area contributed by atoms with E-state index >= 15 is 0 Å². The van der Waals surface area contributed by atoms with Crippen LogP contribution in [0, 0.1) is 0 Å². The van der Waals surface area contributed by atoms with E-state index in [0.717, 1.165) is 78.5 Å². The van der Waals surface area contributed by atoms with Gasteiger partial charge in [-0.05, 0) is 69.1 Å². The molecule has 0 saturated heterocycles. The lowest BCUT2D eigenvalue weighted by molar-refractivity contribution is -0.0654. The maximum absolute atomic E-state index is 14.4. The van der Waals surface area contributed by atoms with Crippen molar-refractivity contribution in [2.45, 2.75) is 89.9 Å². The second-order valence-electron chi connectivity index (χ2n) is 12.6. The second kappa shape index (κ2) is 12.9. The molecular weight excluding hydrogens is 572 g/mol. The van der Waals surface area contributed by atoms with Gasteiger partial charge in [-0.1, -0.05) is 67.0 Å². The molecular formula is C34H40N6O5. The van der Waals surface area contributed by atoms with E-state index in [1.807, 2.05) is 57.6 Å². The third-order valence-corrected chi connectivity index (χ3v) is 8.54. The Morgan fingerprint density at radius 3 is 2.44 bits per heavy atom. The number of fused-ring (bicyclic) bond motifs is 1. The van der Waals surface area contributed by atoms with Crippen molar-refractivity contribution in [2.75, 3.05) is 6.61 Å². The maximum Gasteiger partial charge on any atom is 0.439 e.